The van der Waals surface area contributed by atoms with E-state index in [4.69, 9.17) is 5.26 Å². The first-order valence-electron chi connectivity index (χ1n) is 5.61. The van der Waals surface area contributed by atoms with E-state index in [0.717, 1.165) is 30.5 Å². The molecular formula is C13H16N2O. The molecule has 1 saturated carbocycles. The van der Waals surface area contributed by atoms with Gasteiger partial charge in [-0.2, -0.15) is 5.26 Å². The molecule has 1 aliphatic rings. The number of nitrogens with zero attached hydrogens (tertiary/aromatic N) is 1. The molecule has 1 fully saturated rings. The molecule has 1 aromatic rings. The van der Waals surface area contributed by atoms with Crippen LogP contribution in [0.2, 0.25) is 0 Å². The van der Waals surface area contributed by atoms with Gasteiger partial charge in [-0.1, -0.05) is 12.1 Å². The van der Waals surface area contributed by atoms with Gasteiger partial charge in [0.05, 0.1) is 16.9 Å². The van der Waals surface area contributed by atoms with Crippen LogP contribution in [0, 0.1) is 18.3 Å². The second-order valence-corrected chi connectivity index (χ2v) is 4.54. The van der Waals surface area contributed by atoms with Crippen molar-refractivity contribution in [1.82, 2.24) is 0 Å². The van der Waals surface area contributed by atoms with E-state index in [1.54, 1.807) is 6.07 Å². The zero-order chi connectivity index (χ0) is 11.6. The van der Waals surface area contributed by atoms with Crippen LogP contribution < -0.4 is 5.32 Å². The average molecular weight is 216 g/mol. The SMILES string of the molecule is Cc1cccc(C#N)c1NCC1(O)CCC1. The number of nitrogens with one attached hydrogen (secondary N) is 1. The molecule has 0 heterocycles. The van der Waals surface area contributed by atoms with Crippen molar-refractivity contribution in [3.8, 4) is 6.07 Å². The van der Waals surface area contributed by atoms with Gasteiger partial charge < -0.3 is 10.4 Å². The van der Waals surface area contributed by atoms with Crippen LogP contribution in [0.4, 0.5) is 5.69 Å². The van der Waals surface area contributed by atoms with E-state index in [-0.39, 0.29) is 0 Å². The van der Waals surface area contributed by atoms with Crippen LogP contribution in [-0.2, 0) is 0 Å². The molecular weight excluding hydrogens is 200 g/mol. The molecule has 0 saturated heterocycles. The van der Waals surface area contributed by atoms with E-state index < -0.39 is 5.60 Å². The molecule has 0 radical (unpaired) electrons. The summed E-state index contributed by atoms with van der Waals surface area (Å²) in [4.78, 5) is 0. The van der Waals surface area contributed by atoms with Crippen molar-refractivity contribution in [3.63, 3.8) is 0 Å². The van der Waals surface area contributed by atoms with Crippen molar-refractivity contribution in [1.29, 1.82) is 5.26 Å². The number of nitriles is 1. The van der Waals surface area contributed by atoms with Crippen LogP contribution in [0.5, 0.6) is 0 Å². The lowest BCUT2D eigenvalue weighted by molar-refractivity contribution is -0.0202. The summed E-state index contributed by atoms with van der Waals surface area (Å²) < 4.78 is 0. The van der Waals surface area contributed by atoms with E-state index in [9.17, 15) is 5.11 Å². The molecule has 0 aromatic heterocycles. The standard InChI is InChI=1S/C13H16N2O/c1-10-4-2-5-11(8-14)12(10)15-9-13(16)6-3-7-13/h2,4-5,15-16H,3,6-7,9H2,1H3. The molecule has 0 amide bonds. The Hall–Kier alpha value is -1.53. The van der Waals surface area contributed by atoms with Gasteiger partial charge >= 0.3 is 0 Å². The third kappa shape index (κ3) is 2.02. The number of benzene rings is 1. The van der Waals surface area contributed by atoms with Crippen molar-refractivity contribution in [2.75, 3.05) is 11.9 Å². The summed E-state index contributed by atoms with van der Waals surface area (Å²) in [6, 6.07) is 7.79. The summed E-state index contributed by atoms with van der Waals surface area (Å²) in [6.45, 7) is 2.50. The minimum Gasteiger partial charge on any atom is -0.388 e. The highest BCUT2D eigenvalue weighted by Crippen LogP contribution is 2.32. The molecule has 3 nitrogen and oxygen atoms in total. The van der Waals surface area contributed by atoms with Crippen molar-refractivity contribution in [2.45, 2.75) is 31.8 Å². The van der Waals surface area contributed by atoms with Crippen LogP contribution in [0.1, 0.15) is 30.4 Å². The van der Waals surface area contributed by atoms with E-state index in [1.807, 2.05) is 19.1 Å². The molecule has 0 spiro atoms. The molecule has 0 unspecified atom stereocenters. The second kappa shape index (κ2) is 4.15. The Bertz CT molecular complexity index is 430. The largest absolute Gasteiger partial charge is 0.388 e. The maximum atomic E-state index is 9.98. The van der Waals surface area contributed by atoms with Gasteiger partial charge in [0.1, 0.15) is 6.07 Å². The number of anilines is 1. The fourth-order valence-corrected chi connectivity index (χ4v) is 2.01. The monoisotopic (exact) mass is 216 g/mol. The summed E-state index contributed by atoms with van der Waals surface area (Å²) in [7, 11) is 0. The summed E-state index contributed by atoms with van der Waals surface area (Å²) in [5, 5.41) is 22.2. The van der Waals surface area contributed by atoms with E-state index in [2.05, 4.69) is 11.4 Å². The van der Waals surface area contributed by atoms with Gasteiger partial charge in [0, 0.05) is 6.54 Å². The highest BCUT2D eigenvalue weighted by molar-refractivity contribution is 5.62. The minimum absolute atomic E-state index is 0.534. The van der Waals surface area contributed by atoms with Gasteiger partial charge in [0.2, 0.25) is 0 Å². The lowest BCUT2D eigenvalue weighted by atomic mass is 9.80. The van der Waals surface area contributed by atoms with Gasteiger partial charge in [-0.25, -0.2) is 0 Å². The van der Waals surface area contributed by atoms with Crippen LogP contribution in [-0.4, -0.2) is 17.3 Å². The Kier molecular flexibility index (Phi) is 2.84. The van der Waals surface area contributed by atoms with Crippen LogP contribution in [0.3, 0.4) is 0 Å². The van der Waals surface area contributed by atoms with E-state index >= 15 is 0 Å². The maximum Gasteiger partial charge on any atom is 0.101 e. The lowest BCUT2D eigenvalue weighted by Gasteiger charge is -2.37. The van der Waals surface area contributed by atoms with Gasteiger partial charge in [0.25, 0.3) is 0 Å². The summed E-state index contributed by atoms with van der Waals surface area (Å²) >= 11 is 0. The minimum atomic E-state index is -0.561. The Morgan fingerprint density at radius 2 is 2.25 bits per heavy atom. The lowest BCUT2D eigenvalue weighted by Crippen LogP contribution is -2.43. The molecule has 0 atom stereocenters. The number of rotatable bonds is 3. The van der Waals surface area contributed by atoms with Gasteiger partial charge in [-0.05, 0) is 37.8 Å². The molecule has 0 bridgehead atoms. The summed E-state index contributed by atoms with van der Waals surface area (Å²) in [6.07, 6.45) is 2.80. The van der Waals surface area contributed by atoms with E-state index in [0.29, 0.717) is 12.1 Å². The quantitative estimate of drug-likeness (QED) is 0.814. The van der Waals surface area contributed by atoms with Gasteiger partial charge in [0.15, 0.2) is 0 Å². The topological polar surface area (TPSA) is 56.0 Å². The van der Waals surface area contributed by atoms with Crippen molar-refractivity contribution in [2.24, 2.45) is 0 Å². The highest BCUT2D eigenvalue weighted by Gasteiger charge is 2.34. The Labute approximate surface area is 95.7 Å². The van der Waals surface area contributed by atoms with Crippen molar-refractivity contribution >= 4 is 5.69 Å². The second-order valence-electron chi connectivity index (χ2n) is 4.54. The smallest absolute Gasteiger partial charge is 0.101 e. The van der Waals surface area contributed by atoms with Crippen molar-refractivity contribution in [3.05, 3.63) is 29.3 Å². The number of aliphatic hydroxyl groups is 1. The normalized spacial score (nSPS) is 17.3. The highest BCUT2D eigenvalue weighted by atomic mass is 16.3. The molecule has 2 N–H and O–H groups in total. The first-order valence-corrected chi connectivity index (χ1v) is 5.61. The van der Waals surface area contributed by atoms with Crippen molar-refractivity contribution < 1.29 is 5.11 Å². The predicted molar refractivity (Wildman–Crippen MR) is 63.2 cm³/mol. The summed E-state index contributed by atoms with van der Waals surface area (Å²) in [5.74, 6) is 0. The third-order valence-corrected chi connectivity index (χ3v) is 3.27. The zero-order valence-corrected chi connectivity index (χ0v) is 9.45. The van der Waals surface area contributed by atoms with E-state index in [1.165, 1.54) is 0 Å². The number of aryl methyl sites for hydroxylation is 1. The number of para-hydroxylation sites is 1. The molecule has 0 aliphatic heterocycles. The summed E-state index contributed by atoms with van der Waals surface area (Å²) in [5.41, 5.74) is 1.98. The predicted octanol–water partition coefficient (Wildman–Crippen LogP) is 2.19. The third-order valence-electron chi connectivity index (χ3n) is 3.27. The van der Waals surface area contributed by atoms with Gasteiger partial charge in [-0.3, -0.25) is 0 Å². The molecule has 3 heteroatoms. The Morgan fingerprint density at radius 1 is 1.50 bits per heavy atom. The average Bonchev–Trinajstić information content (AvgIpc) is 2.24. The fraction of sp³-hybridized carbons (Fsp3) is 0.462. The zero-order valence-electron chi connectivity index (χ0n) is 9.45. The van der Waals surface area contributed by atoms with Crippen LogP contribution in [0.25, 0.3) is 0 Å². The number of hydrogen-bond donors (Lipinski definition) is 2. The Morgan fingerprint density at radius 3 is 2.81 bits per heavy atom. The Balaban J connectivity index is 2.12. The van der Waals surface area contributed by atoms with Crippen LogP contribution in [0.15, 0.2) is 18.2 Å². The molecule has 16 heavy (non-hydrogen) atoms. The van der Waals surface area contributed by atoms with Gasteiger partial charge in [-0.15, -0.1) is 0 Å². The fourth-order valence-electron chi connectivity index (χ4n) is 2.01. The molecule has 2 rings (SSSR count). The number of hydrogen-bond acceptors (Lipinski definition) is 3. The first kappa shape index (κ1) is 11.0. The maximum absolute atomic E-state index is 9.98. The first-order chi connectivity index (χ1) is 7.64. The molecule has 1 aromatic carbocycles. The molecule has 84 valence electrons. The van der Waals surface area contributed by atoms with Crippen LogP contribution >= 0.6 is 0 Å². The molecule has 1 aliphatic carbocycles.